The molecule has 0 amide bonds. The Morgan fingerprint density at radius 2 is 2.00 bits per heavy atom. The van der Waals surface area contributed by atoms with Gasteiger partial charge in [-0.3, -0.25) is 0 Å². The van der Waals surface area contributed by atoms with Crippen LogP contribution in [0.5, 0.6) is 0 Å². The van der Waals surface area contributed by atoms with Crippen molar-refractivity contribution in [3.8, 4) is 0 Å². The Balaban J connectivity index is 1.71. The van der Waals surface area contributed by atoms with E-state index in [1.165, 1.54) is 11.1 Å². The van der Waals surface area contributed by atoms with Gasteiger partial charge >= 0.3 is 0 Å². The van der Waals surface area contributed by atoms with Crippen LogP contribution >= 0.6 is 0 Å². The average molecular weight is 269 g/mol. The van der Waals surface area contributed by atoms with E-state index in [0.29, 0.717) is 13.1 Å². The van der Waals surface area contributed by atoms with Gasteiger partial charge in [-0.1, -0.05) is 24.3 Å². The standard InChI is InChI=1S/C15H19N5/c16-6-7-17-14-9-19-15(10-18-14)20-8-5-12-3-1-2-4-13(12)11-20/h1-4,9-10H,5-8,11,16H2,(H,17,18). The Morgan fingerprint density at radius 1 is 1.15 bits per heavy atom. The zero-order valence-corrected chi connectivity index (χ0v) is 11.4. The Morgan fingerprint density at radius 3 is 2.75 bits per heavy atom. The molecule has 0 atom stereocenters. The number of rotatable bonds is 4. The Labute approximate surface area is 118 Å². The molecule has 0 aliphatic carbocycles. The lowest BCUT2D eigenvalue weighted by Gasteiger charge is -2.29. The van der Waals surface area contributed by atoms with Gasteiger partial charge in [0.15, 0.2) is 0 Å². The number of nitrogens with zero attached hydrogens (tertiary/aromatic N) is 3. The lowest BCUT2D eigenvalue weighted by atomic mass is 10.0. The topological polar surface area (TPSA) is 67.1 Å². The molecular formula is C15H19N5. The van der Waals surface area contributed by atoms with Crippen LogP contribution in [0.15, 0.2) is 36.7 Å². The van der Waals surface area contributed by atoms with Gasteiger partial charge in [-0.2, -0.15) is 0 Å². The molecule has 0 spiro atoms. The molecule has 3 rings (SSSR count). The summed E-state index contributed by atoms with van der Waals surface area (Å²) in [6.45, 7) is 3.19. The molecule has 1 aliphatic heterocycles. The highest BCUT2D eigenvalue weighted by molar-refractivity contribution is 5.45. The first kappa shape index (κ1) is 12.9. The number of aromatic nitrogens is 2. The van der Waals surface area contributed by atoms with Gasteiger partial charge in [0.25, 0.3) is 0 Å². The molecule has 0 saturated heterocycles. The molecule has 5 heteroatoms. The molecule has 5 nitrogen and oxygen atoms in total. The van der Waals surface area contributed by atoms with E-state index >= 15 is 0 Å². The van der Waals surface area contributed by atoms with Gasteiger partial charge in [-0.25, -0.2) is 9.97 Å². The second-order valence-corrected chi connectivity index (χ2v) is 4.92. The SMILES string of the molecule is NCCNc1cnc(N2CCc3ccccc3C2)cn1. The van der Waals surface area contributed by atoms with Gasteiger partial charge in [0.2, 0.25) is 0 Å². The summed E-state index contributed by atoms with van der Waals surface area (Å²) in [5.74, 6) is 1.70. The first-order valence-corrected chi connectivity index (χ1v) is 6.94. The third-order valence-electron chi connectivity index (χ3n) is 3.54. The van der Waals surface area contributed by atoms with Crippen LogP contribution in [0.25, 0.3) is 0 Å². The van der Waals surface area contributed by atoms with Crippen molar-refractivity contribution in [3.05, 3.63) is 47.8 Å². The van der Waals surface area contributed by atoms with E-state index in [4.69, 9.17) is 5.73 Å². The molecule has 0 saturated carbocycles. The quantitative estimate of drug-likeness (QED) is 0.878. The summed E-state index contributed by atoms with van der Waals surface area (Å²) >= 11 is 0. The fourth-order valence-corrected chi connectivity index (χ4v) is 2.47. The number of anilines is 2. The molecule has 0 bridgehead atoms. The molecule has 2 aromatic rings. The van der Waals surface area contributed by atoms with Crippen LogP contribution in [-0.4, -0.2) is 29.6 Å². The molecule has 20 heavy (non-hydrogen) atoms. The van der Waals surface area contributed by atoms with E-state index in [1.807, 2.05) is 6.20 Å². The maximum absolute atomic E-state index is 5.45. The van der Waals surface area contributed by atoms with Crippen LogP contribution in [0, 0.1) is 0 Å². The van der Waals surface area contributed by atoms with Gasteiger partial charge in [0, 0.05) is 26.2 Å². The molecule has 0 unspecified atom stereocenters. The molecule has 104 valence electrons. The Bertz CT molecular complexity index is 567. The number of hydrogen-bond acceptors (Lipinski definition) is 5. The Hall–Kier alpha value is -2.14. The van der Waals surface area contributed by atoms with Gasteiger partial charge in [0.05, 0.1) is 12.4 Å². The van der Waals surface area contributed by atoms with E-state index in [9.17, 15) is 0 Å². The van der Waals surface area contributed by atoms with Crippen LogP contribution in [0.2, 0.25) is 0 Å². The highest BCUT2D eigenvalue weighted by Gasteiger charge is 2.16. The van der Waals surface area contributed by atoms with Crippen molar-refractivity contribution in [3.63, 3.8) is 0 Å². The monoisotopic (exact) mass is 269 g/mol. The van der Waals surface area contributed by atoms with Gasteiger partial charge in [-0.15, -0.1) is 0 Å². The third-order valence-corrected chi connectivity index (χ3v) is 3.54. The van der Waals surface area contributed by atoms with Crippen molar-refractivity contribution >= 4 is 11.6 Å². The fraction of sp³-hybridized carbons (Fsp3) is 0.333. The zero-order chi connectivity index (χ0) is 13.8. The van der Waals surface area contributed by atoms with Gasteiger partial charge < -0.3 is 16.0 Å². The number of nitrogens with one attached hydrogen (secondary N) is 1. The van der Waals surface area contributed by atoms with Crippen molar-refractivity contribution in [1.29, 1.82) is 0 Å². The van der Waals surface area contributed by atoms with Crippen molar-refractivity contribution in [1.82, 2.24) is 9.97 Å². The van der Waals surface area contributed by atoms with E-state index in [2.05, 4.69) is 44.5 Å². The minimum absolute atomic E-state index is 0.590. The molecule has 0 fully saturated rings. The number of benzene rings is 1. The Kier molecular flexibility index (Phi) is 3.78. The van der Waals surface area contributed by atoms with Crippen molar-refractivity contribution < 1.29 is 0 Å². The lowest BCUT2D eigenvalue weighted by Crippen LogP contribution is -2.31. The smallest absolute Gasteiger partial charge is 0.147 e. The second-order valence-electron chi connectivity index (χ2n) is 4.92. The van der Waals surface area contributed by atoms with E-state index in [1.54, 1.807) is 6.20 Å². The second kappa shape index (κ2) is 5.88. The normalized spacial score (nSPS) is 13.9. The summed E-state index contributed by atoms with van der Waals surface area (Å²) in [7, 11) is 0. The van der Waals surface area contributed by atoms with Gasteiger partial charge in [0.1, 0.15) is 11.6 Å². The molecule has 3 N–H and O–H groups in total. The van der Waals surface area contributed by atoms with Crippen molar-refractivity contribution in [2.45, 2.75) is 13.0 Å². The lowest BCUT2D eigenvalue weighted by molar-refractivity contribution is 0.718. The molecule has 2 heterocycles. The van der Waals surface area contributed by atoms with Gasteiger partial charge in [-0.05, 0) is 17.5 Å². The van der Waals surface area contributed by atoms with E-state index in [-0.39, 0.29) is 0 Å². The first-order valence-electron chi connectivity index (χ1n) is 6.94. The highest BCUT2D eigenvalue weighted by atomic mass is 15.2. The number of hydrogen-bond donors (Lipinski definition) is 2. The van der Waals surface area contributed by atoms with Crippen LogP contribution < -0.4 is 16.0 Å². The summed E-state index contributed by atoms with van der Waals surface area (Å²) in [5.41, 5.74) is 8.27. The minimum Gasteiger partial charge on any atom is -0.368 e. The molecule has 1 aliphatic rings. The molecular weight excluding hydrogens is 250 g/mol. The van der Waals surface area contributed by atoms with Crippen LogP contribution in [-0.2, 0) is 13.0 Å². The minimum atomic E-state index is 0.590. The van der Waals surface area contributed by atoms with Crippen molar-refractivity contribution in [2.75, 3.05) is 29.9 Å². The number of fused-ring (bicyclic) bond motifs is 1. The van der Waals surface area contributed by atoms with E-state index < -0.39 is 0 Å². The summed E-state index contributed by atoms with van der Waals surface area (Å²) in [5, 5.41) is 3.12. The maximum Gasteiger partial charge on any atom is 0.147 e. The number of nitrogens with two attached hydrogens (primary N) is 1. The predicted octanol–water partition coefficient (Wildman–Crippen LogP) is 1.41. The molecule has 1 aromatic heterocycles. The average Bonchev–Trinajstić information content (AvgIpc) is 2.53. The van der Waals surface area contributed by atoms with Crippen molar-refractivity contribution in [2.24, 2.45) is 5.73 Å². The van der Waals surface area contributed by atoms with Crippen LogP contribution in [0.1, 0.15) is 11.1 Å². The molecule has 0 radical (unpaired) electrons. The third kappa shape index (κ3) is 2.72. The zero-order valence-electron chi connectivity index (χ0n) is 11.4. The predicted molar refractivity (Wildman–Crippen MR) is 80.8 cm³/mol. The maximum atomic E-state index is 5.45. The highest BCUT2D eigenvalue weighted by Crippen LogP contribution is 2.22. The molecule has 1 aromatic carbocycles. The van der Waals surface area contributed by atoms with Crippen LogP contribution in [0.3, 0.4) is 0 Å². The first-order chi connectivity index (χ1) is 9.86. The summed E-state index contributed by atoms with van der Waals surface area (Å²) in [4.78, 5) is 11.1. The van der Waals surface area contributed by atoms with E-state index in [0.717, 1.165) is 31.1 Å². The van der Waals surface area contributed by atoms with Crippen LogP contribution in [0.4, 0.5) is 11.6 Å². The summed E-state index contributed by atoms with van der Waals surface area (Å²) in [6.07, 6.45) is 4.66. The summed E-state index contributed by atoms with van der Waals surface area (Å²) in [6, 6.07) is 8.59. The fourth-order valence-electron chi connectivity index (χ4n) is 2.47. The summed E-state index contributed by atoms with van der Waals surface area (Å²) < 4.78 is 0. The largest absolute Gasteiger partial charge is 0.368 e.